The van der Waals surface area contributed by atoms with Gasteiger partial charge in [0, 0.05) is 6.07 Å². The normalized spacial score (nSPS) is 16.9. The minimum Gasteiger partial charge on any atom is -0.481 e. The van der Waals surface area contributed by atoms with Gasteiger partial charge in [-0.1, -0.05) is 0 Å². The molecule has 1 aromatic carbocycles. The maximum atomic E-state index is 13.4. The minimum absolute atomic E-state index is 0.0911. The summed E-state index contributed by atoms with van der Waals surface area (Å²) in [6, 6.07) is 2.01. The van der Waals surface area contributed by atoms with Gasteiger partial charge in [-0.05, 0) is 52.2 Å². The van der Waals surface area contributed by atoms with Crippen LogP contribution in [0.2, 0.25) is 0 Å². The van der Waals surface area contributed by atoms with Crippen LogP contribution < -0.4 is 0 Å². The third-order valence-electron chi connectivity index (χ3n) is 3.01. The van der Waals surface area contributed by atoms with Gasteiger partial charge in [0.15, 0.2) is 0 Å². The Bertz CT molecular complexity index is 458. The predicted octanol–water partition coefficient (Wildman–Crippen LogP) is 3.70. The maximum Gasteiger partial charge on any atom is 0.303 e. The number of hydrogen-bond donors (Lipinski definition) is 1. The monoisotopic (exact) mass is 304 g/mol. The van der Waals surface area contributed by atoms with Gasteiger partial charge in [0.05, 0.1) is 10.9 Å². The second-order valence-corrected chi connectivity index (χ2v) is 5.13. The topological polar surface area (TPSA) is 37.3 Å². The fourth-order valence-electron chi connectivity index (χ4n) is 2.06. The quantitative estimate of drug-likeness (QED) is 0.861. The van der Waals surface area contributed by atoms with Crippen LogP contribution in [0.5, 0.6) is 0 Å². The molecule has 1 saturated carbocycles. The summed E-state index contributed by atoms with van der Waals surface area (Å²) in [5, 5.41) is 8.85. The maximum absolute atomic E-state index is 13.4. The molecule has 2 rings (SSSR count). The number of benzene rings is 1. The molecule has 0 spiro atoms. The highest BCUT2D eigenvalue weighted by atomic mass is 79.9. The fourth-order valence-corrected chi connectivity index (χ4v) is 2.59. The Balaban J connectivity index is 2.38. The van der Waals surface area contributed by atoms with E-state index in [4.69, 9.17) is 5.11 Å². The van der Waals surface area contributed by atoms with Gasteiger partial charge in [-0.2, -0.15) is 0 Å². The van der Waals surface area contributed by atoms with Crippen LogP contribution in [0.3, 0.4) is 0 Å². The van der Waals surface area contributed by atoms with E-state index in [0.717, 1.165) is 18.9 Å². The number of halogens is 3. The predicted molar refractivity (Wildman–Crippen MR) is 61.8 cm³/mol. The lowest BCUT2D eigenvalue weighted by Gasteiger charge is -2.16. The van der Waals surface area contributed by atoms with Crippen LogP contribution >= 0.6 is 15.9 Å². The van der Waals surface area contributed by atoms with Crippen molar-refractivity contribution in [2.75, 3.05) is 0 Å². The Morgan fingerprint density at radius 3 is 2.65 bits per heavy atom. The molecule has 1 aromatic rings. The Labute approximate surface area is 106 Å². The van der Waals surface area contributed by atoms with E-state index in [1.807, 2.05) is 0 Å². The largest absolute Gasteiger partial charge is 0.481 e. The SMILES string of the molecule is O=C(O)CC(c1cc(F)cc(F)c1Br)C1CC1. The Morgan fingerprint density at radius 2 is 2.12 bits per heavy atom. The van der Waals surface area contributed by atoms with Crippen molar-refractivity contribution in [3.8, 4) is 0 Å². The summed E-state index contributed by atoms with van der Waals surface area (Å²) in [5.41, 5.74) is 0.424. The lowest BCUT2D eigenvalue weighted by atomic mass is 9.91. The summed E-state index contributed by atoms with van der Waals surface area (Å²) in [7, 11) is 0. The van der Waals surface area contributed by atoms with Crippen molar-refractivity contribution in [3.63, 3.8) is 0 Å². The highest BCUT2D eigenvalue weighted by Gasteiger charge is 2.35. The molecule has 1 aliphatic carbocycles. The summed E-state index contributed by atoms with van der Waals surface area (Å²) in [5.74, 6) is -2.39. The zero-order chi connectivity index (χ0) is 12.6. The first kappa shape index (κ1) is 12.5. The van der Waals surface area contributed by atoms with E-state index in [9.17, 15) is 13.6 Å². The van der Waals surface area contributed by atoms with Crippen molar-refractivity contribution in [1.29, 1.82) is 0 Å². The van der Waals surface area contributed by atoms with Crippen molar-refractivity contribution in [2.24, 2.45) is 5.92 Å². The Kier molecular flexibility index (Phi) is 3.47. The number of hydrogen-bond acceptors (Lipinski definition) is 1. The van der Waals surface area contributed by atoms with E-state index in [2.05, 4.69) is 15.9 Å². The van der Waals surface area contributed by atoms with Crippen LogP contribution in [-0.4, -0.2) is 11.1 Å². The highest BCUT2D eigenvalue weighted by molar-refractivity contribution is 9.10. The molecule has 0 saturated heterocycles. The van der Waals surface area contributed by atoms with Crippen molar-refractivity contribution < 1.29 is 18.7 Å². The molecular weight excluding hydrogens is 294 g/mol. The fraction of sp³-hybridized carbons (Fsp3) is 0.417. The molecular formula is C12H11BrF2O2. The van der Waals surface area contributed by atoms with Crippen LogP contribution in [-0.2, 0) is 4.79 Å². The third-order valence-corrected chi connectivity index (χ3v) is 3.84. The molecule has 17 heavy (non-hydrogen) atoms. The van der Waals surface area contributed by atoms with Gasteiger partial charge >= 0.3 is 5.97 Å². The van der Waals surface area contributed by atoms with Gasteiger partial charge < -0.3 is 5.11 Å². The number of aliphatic carboxylic acids is 1. The van der Waals surface area contributed by atoms with E-state index >= 15 is 0 Å². The number of carbonyl (C=O) groups is 1. The van der Waals surface area contributed by atoms with Crippen LogP contribution in [0.1, 0.15) is 30.7 Å². The lowest BCUT2D eigenvalue weighted by molar-refractivity contribution is -0.137. The third kappa shape index (κ3) is 2.83. The van der Waals surface area contributed by atoms with Gasteiger partial charge in [0.1, 0.15) is 11.6 Å². The van der Waals surface area contributed by atoms with E-state index in [-0.39, 0.29) is 22.7 Å². The summed E-state index contributed by atoms with van der Waals surface area (Å²) in [6.45, 7) is 0. The summed E-state index contributed by atoms with van der Waals surface area (Å²) < 4.78 is 26.7. The molecule has 0 radical (unpaired) electrons. The first-order valence-corrected chi connectivity index (χ1v) is 6.14. The summed E-state index contributed by atoms with van der Waals surface area (Å²) >= 11 is 3.07. The van der Waals surface area contributed by atoms with E-state index in [0.29, 0.717) is 5.56 Å². The molecule has 0 aromatic heterocycles. The summed E-state index contributed by atoms with van der Waals surface area (Å²) in [6.07, 6.45) is 1.75. The Hall–Kier alpha value is -0.970. The van der Waals surface area contributed by atoms with E-state index < -0.39 is 17.6 Å². The van der Waals surface area contributed by atoms with Gasteiger partial charge in [-0.25, -0.2) is 8.78 Å². The van der Waals surface area contributed by atoms with Crippen molar-refractivity contribution >= 4 is 21.9 Å². The molecule has 0 aliphatic heterocycles. The molecule has 0 amide bonds. The smallest absolute Gasteiger partial charge is 0.303 e. The lowest BCUT2D eigenvalue weighted by Crippen LogP contribution is -2.10. The molecule has 1 aliphatic rings. The van der Waals surface area contributed by atoms with E-state index in [1.54, 1.807) is 0 Å². The van der Waals surface area contributed by atoms with E-state index in [1.165, 1.54) is 6.07 Å². The molecule has 0 bridgehead atoms. The van der Waals surface area contributed by atoms with Gasteiger partial charge in [0.25, 0.3) is 0 Å². The van der Waals surface area contributed by atoms with Crippen LogP contribution in [0.15, 0.2) is 16.6 Å². The molecule has 1 unspecified atom stereocenters. The standard InChI is InChI=1S/C12H11BrF2O2/c13-12-9(3-7(14)4-10(12)15)8(5-11(16)17)6-1-2-6/h3-4,6,8H,1-2,5H2,(H,16,17). The number of carboxylic acids is 1. The molecule has 1 atom stereocenters. The average molecular weight is 305 g/mol. The Morgan fingerprint density at radius 1 is 1.47 bits per heavy atom. The minimum atomic E-state index is -0.946. The van der Waals surface area contributed by atoms with Crippen LogP contribution in [0.4, 0.5) is 8.78 Å². The molecule has 92 valence electrons. The second kappa shape index (κ2) is 4.72. The first-order valence-electron chi connectivity index (χ1n) is 5.35. The summed E-state index contributed by atoms with van der Waals surface area (Å²) in [4.78, 5) is 10.8. The zero-order valence-corrected chi connectivity index (χ0v) is 10.5. The highest BCUT2D eigenvalue weighted by Crippen LogP contribution is 2.46. The van der Waals surface area contributed by atoms with Gasteiger partial charge in [-0.3, -0.25) is 4.79 Å². The van der Waals surface area contributed by atoms with Crippen molar-refractivity contribution in [3.05, 3.63) is 33.8 Å². The number of rotatable bonds is 4. The molecule has 1 N–H and O–H groups in total. The van der Waals surface area contributed by atoms with Crippen molar-refractivity contribution in [1.82, 2.24) is 0 Å². The van der Waals surface area contributed by atoms with Crippen molar-refractivity contribution in [2.45, 2.75) is 25.2 Å². The van der Waals surface area contributed by atoms with Crippen LogP contribution in [0, 0.1) is 17.6 Å². The number of carboxylic acid groups (broad SMARTS) is 1. The van der Waals surface area contributed by atoms with Gasteiger partial charge in [-0.15, -0.1) is 0 Å². The second-order valence-electron chi connectivity index (χ2n) is 4.33. The van der Waals surface area contributed by atoms with Gasteiger partial charge in [0.2, 0.25) is 0 Å². The molecule has 0 heterocycles. The molecule has 2 nitrogen and oxygen atoms in total. The van der Waals surface area contributed by atoms with Crippen LogP contribution in [0.25, 0.3) is 0 Å². The average Bonchev–Trinajstić information content (AvgIpc) is 3.03. The molecule has 1 fully saturated rings. The molecule has 5 heteroatoms. The first-order chi connectivity index (χ1) is 7.99. The zero-order valence-electron chi connectivity index (χ0n) is 8.92.